The summed E-state index contributed by atoms with van der Waals surface area (Å²) in [4.78, 5) is 19.4. The first kappa shape index (κ1) is 19.3. The van der Waals surface area contributed by atoms with Gasteiger partial charge in [0.1, 0.15) is 13.5 Å². The lowest BCUT2D eigenvalue weighted by Gasteiger charge is -2.55. The number of rotatable bonds is 9. The van der Waals surface area contributed by atoms with E-state index < -0.39 is 5.60 Å². The average molecular weight is 362 g/mol. The van der Waals surface area contributed by atoms with Crippen molar-refractivity contribution >= 4 is 5.91 Å². The molecule has 2 aliphatic rings. The van der Waals surface area contributed by atoms with Gasteiger partial charge in [-0.05, 0) is 48.8 Å². The molecule has 0 spiro atoms. The number of pyridine rings is 1. The minimum Gasteiger partial charge on any atom is -0.364 e. The van der Waals surface area contributed by atoms with Crippen LogP contribution in [-0.4, -0.2) is 55.2 Å². The molecule has 1 aliphatic heterocycles. The van der Waals surface area contributed by atoms with Gasteiger partial charge in [-0.15, -0.1) is 0 Å². The third-order valence-corrected chi connectivity index (χ3v) is 5.41. The lowest BCUT2D eigenvalue weighted by atomic mass is 9.74. The highest BCUT2D eigenvalue weighted by Gasteiger charge is 2.62. The molecule has 0 radical (unpaired) electrons. The number of amides is 1. The molecule has 1 fully saturated rings. The first-order valence-electron chi connectivity index (χ1n) is 9.41. The first-order valence-corrected chi connectivity index (χ1v) is 9.41. The molecule has 1 saturated heterocycles. The fourth-order valence-electron chi connectivity index (χ4n) is 4.20. The van der Waals surface area contributed by atoms with Crippen LogP contribution in [0.5, 0.6) is 0 Å². The van der Waals surface area contributed by atoms with Gasteiger partial charge in [0.05, 0.1) is 6.04 Å². The molecular weight excluding hydrogens is 332 g/mol. The van der Waals surface area contributed by atoms with E-state index in [0.717, 1.165) is 25.0 Å². The van der Waals surface area contributed by atoms with E-state index in [2.05, 4.69) is 24.9 Å². The minimum absolute atomic E-state index is 0.0376. The van der Waals surface area contributed by atoms with Gasteiger partial charge >= 0.3 is 0 Å². The Morgan fingerprint density at radius 2 is 2.04 bits per heavy atom. The Morgan fingerprint density at radius 3 is 2.73 bits per heavy atom. The van der Waals surface area contributed by atoms with E-state index in [0.29, 0.717) is 12.3 Å². The lowest BCUT2D eigenvalue weighted by Crippen LogP contribution is -2.76. The van der Waals surface area contributed by atoms with Crippen LogP contribution in [0.25, 0.3) is 0 Å². The standard InChI is InChI=1S/C20H30N2O4/c1-14(2)8-18-20(26-13-25-4,19(23)22(18)12-24-3)10-17-9-15-6-5-7-16(15)11-21-17/h9,11,14,18H,5-8,10,12-13H2,1-4H3. The Kier molecular flexibility index (Phi) is 5.95. The highest BCUT2D eigenvalue weighted by molar-refractivity contribution is 5.93. The van der Waals surface area contributed by atoms with Crippen LogP contribution in [0.2, 0.25) is 0 Å². The van der Waals surface area contributed by atoms with Gasteiger partial charge < -0.3 is 19.1 Å². The molecule has 2 heterocycles. The predicted molar refractivity (Wildman–Crippen MR) is 97.6 cm³/mol. The fraction of sp³-hybridized carbons (Fsp3) is 0.700. The van der Waals surface area contributed by atoms with Gasteiger partial charge in [-0.3, -0.25) is 9.78 Å². The Balaban J connectivity index is 1.88. The molecule has 0 aromatic carbocycles. The lowest BCUT2D eigenvalue weighted by molar-refractivity contribution is -0.235. The number of ether oxygens (including phenoxy) is 3. The van der Waals surface area contributed by atoms with Crippen molar-refractivity contribution < 1.29 is 19.0 Å². The van der Waals surface area contributed by atoms with Crippen LogP contribution >= 0.6 is 0 Å². The van der Waals surface area contributed by atoms with Gasteiger partial charge in [-0.2, -0.15) is 0 Å². The summed E-state index contributed by atoms with van der Waals surface area (Å²) in [5.74, 6) is 0.398. The van der Waals surface area contributed by atoms with Crippen LogP contribution in [0, 0.1) is 5.92 Å². The van der Waals surface area contributed by atoms with Crippen molar-refractivity contribution in [3.8, 4) is 0 Å². The molecule has 1 aliphatic carbocycles. The van der Waals surface area contributed by atoms with Crippen LogP contribution in [0.1, 0.15) is 43.5 Å². The number of carbonyl (C=O) groups excluding carboxylic acids is 1. The number of methoxy groups -OCH3 is 2. The van der Waals surface area contributed by atoms with Crippen molar-refractivity contribution in [2.45, 2.75) is 57.6 Å². The number of hydrogen-bond acceptors (Lipinski definition) is 5. The number of aromatic nitrogens is 1. The molecule has 26 heavy (non-hydrogen) atoms. The van der Waals surface area contributed by atoms with Crippen molar-refractivity contribution in [1.29, 1.82) is 0 Å². The maximum absolute atomic E-state index is 13.0. The number of carbonyl (C=O) groups is 1. The highest BCUT2D eigenvalue weighted by atomic mass is 16.7. The number of hydrogen-bond donors (Lipinski definition) is 0. The summed E-state index contributed by atoms with van der Waals surface area (Å²) in [7, 11) is 3.19. The van der Waals surface area contributed by atoms with Crippen LogP contribution in [0.3, 0.4) is 0 Å². The molecule has 1 amide bonds. The monoisotopic (exact) mass is 362 g/mol. The molecule has 1 aromatic heterocycles. The Labute approximate surface area is 155 Å². The van der Waals surface area contributed by atoms with Crippen LogP contribution in [-0.2, 0) is 38.3 Å². The van der Waals surface area contributed by atoms with Gasteiger partial charge in [-0.25, -0.2) is 0 Å². The number of β-lactam (4-membered cyclic amide) rings is 1. The summed E-state index contributed by atoms with van der Waals surface area (Å²) in [6.07, 6.45) is 6.67. The molecular formula is C20H30N2O4. The maximum atomic E-state index is 13.0. The summed E-state index contributed by atoms with van der Waals surface area (Å²) in [5.41, 5.74) is 2.69. The van der Waals surface area contributed by atoms with E-state index in [1.807, 2.05) is 6.20 Å². The summed E-state index contributed by atoms with van der Waals surface area (Å²) in [5, 5.41) is 0. The van der Waals surface area contributed by atoms with Crippen molar-refractivity contribution in [2.75, 3.05) is 27.7 Å². The second-order valence-electron chi connectivity index (χ2n) is 7.75. The number of nitrogens with zero attached hydrogens (tertiary/aromatic N) is 2. The maximum Gasteiger partial charge on any atom is 0.259 e. The Morgan fingerprint density at radius 1 is 1.27 bits per heavy atom. The summed E-state index contributed by atoms with van der Waals surface area (Å²) in [6, 6.07) is 2.11. The Hall–Kier alpha value is -1.50. The highest BCUT2D eigenvalue weighted by Crippen LogP contribution is 2.41. The SMILES string of the molecule is COCOC1(Cc2cc3c(cn2)CCC3)C(=O)N(COC)C1CC(C)C. The zero-order chi connectivity index (χ0) is 18.7. The second kappa shape index (κ2) is 8.03. The van der Waals surface area contributed by atoms with E-state index in [1.165, 1.54) is 17.5 Å². The summed E-state index contributed by atoms with van der Waals surface area (Å²) in [6.45, 7) is 4.68. The van der Waals surface area contributed by atoms with Crippen molar-refractivity contribution in [1.82, 2.24) is 9.88 Å². The van der Waals surface area contributed by atoms with E-state index in [1.54, 1.807) is 19.1 Å². The van der Waals surface area contributed by atoms with Crippen molar-refractivity contribution in [3.05, 3.63) is 29.1 Å². The second-order valence-corrected chi connectivity index (χ2v) is 7.75. The predicted octanol–water partition coefficient (Wildman–Crippen LogP) is 2.33. The van der Waals surface area contributed by atoms with Crippen molar-refractivity contribution in [3.63, 3.8) is 0 Å². The van der Waals surface area contributed by atoms with Crippen LogP contribution in [0.4, 0.5) is 0 Å². The molecule has 0 bridgehead atoms. The number of fused-ring (bicyclic) bond motifs is 1. The molecule has 2 atom stereocenters. The smallest absolute Gasteiger partial charge is 0.259 e. The third kappa shape index (κ3) is 3.50. The van der Waals surface area contributed by atoms with Crippen LogP contribution < -0.4 is 0 Å². The molecule has 1 aromatic rings. The molecule has 0 saturated carbocycles. The Bertz CT molecular complexity index is 649. The largest absolute Gasteiger partial charge is 0.364 e. The summed E-state index contributed by atoms with van der Waals surface area (Å²) < 4.78 is 16.4. The zero-order valence-corrected chi connectivity index (χ0v) is 16.3. The van der Waals surface area contributed by atoms with Gasteiger partial charge in [0, 0.05) is 32.5 Å². The average Bonchev–Trinajstić information content (AvgIpc) is 3.09. The van der Waals surface area contributed by atoms with E-state index in [4.69, 9.17) is 14.2 Å². The van der Waals surface area contributed by atoms with Gasteiger partial charge in [0.2, 0.25) is 0 Å². The molecule has 0 N–H and O–H groups in total. The molecule has 6 nitrogen and oxygen atoms in total. The number of likely N-dealkylation sites (tertiary alicyclic amines) is 1. The first-order chi connectivity index (χ1) is 12.5. The van der Waals surface area contributed by atoms with Crippen molar-refractivity contribution in [2.24, 2.45) is 5.92 Å². The molecule has 6 heteroatoms. The van der Waals surface area contributed by atoms with Crippen LogP contribution in [0.15, 0.2) is 12.3 Å². The number of aryl methyl sites for hydroxylation is 2. The molecule has 144 valence electrons. The quantitative estimate of drug-likeness (QED) is 0.498. The fourth-order valence-corrected chi connectivity index (χ4v) is 4.20. The molecule has 3 rings (SSSR count). The zero-order valence-electron chi connectivity index (χ0n) is 16.3. The van der Waals surface area contributed by atoms with E-state index in [-0.39, 0.29) is 25.5 Å². The normalized spacial score (nSPS) is 24.9. The van der Waals surface area contributed by atoms with E-state index >= 15 is 0 Å². The van der Waals surface area contributed by atoms with E-state index in [9.17, 15) is 4.79 Å². The molecule has 2 unspecified atom stereocenters. The minimum atomic E-state index is -0.918. The van der Waals surface area contributed by atoms with Gasteiger partial charge in [0.25, 0.3) is 5.91 Å². The third-order valence-electron chi connectivity index (χ3n) is 5.41. The van der Waals surface area contributed by atoms with Gasteiger partial charge in [0.15, 0.2) is 5.60 Å². The topological polar surface area (TPSA) is 60.9 Å². The summed E-state index contributed by atoms with van der Waals surface area (Å²) >= 11 is 0. The van der Waals surface area contributed by atoms with Gasteiger partial charge in [-0.1, -0.05) is 13.8 Å².